The zero-order valence-corrected chi connectivity index (χ0v) is 10.6. The van der Waals surface area contributed by atoms with Gasteiger partial charge in [-0.1, -0.05) is 20.8 Å². The van der Waals surface area contributed by atoms with Crippen LogP contribution in [0.3, 0.4) is 0 Å². The minimum Gasteiger partial charge on any atom is -0.381 e. The van der Waals surface area contributed by atoms with E-state index in [1.807, 2.05) is 0 Å². The fourth-order valence-electron chi connectivity index (χ4n) is 1.31. The van der Waals surface area contributed by atoms with Crippen molar-refractivity contribution in [1.29, 1.82) is 0 Å². The van der Waals surface area contributed by atoms with Crippen molar-refractivity contribution >= 4 is 11.6 Å². The highest BCUT2D eigenvalue weighted by atomic mass is 35.5. The summed E-state index contributed by atoms with van der Waals surface area (Å²) in [5, 5.41) is 0. The normalized spacial score (nSPS) is 13.5. The summed E-state index contributed by atoms with van der Waals surface area (Å²) in [5.41, 5.74) is 0. The molecule has 0 saturated heterocycles. The van der Waals surface area contributed by atoms with E-state index in [4.69, 9.17) is 16.3 Å². The second-order valence-corrected chi connectivity index (χ2v) is 4.90. The Bertz CT molecular complexity index is 115. The average molecular weight is 221 g/mol. The molecule has 1 unspecified atom stereocenters. The highest BCUT2D eigenvalue weighted by Gasteiger charge is 2.00. The van der Waals surface area contributed by atoms with Crippen molar-refractivity contribution in [2.75, 3.05) is 19.1 Å². The molecule has 86 valence electrons. The Balaban J connectivity index is 3.05. The maximum absolute atomic E-state index is 5.65. The average Bonchev–Trinajstić information content (AvgIpc) is 2.11. The number of rotatable bonds is 9. The van der Waals surface area contributed by atoms with Gasteiger partial charge in [-0.2, -0.15) is 0 Å². The second-order valence-electron chi connectivity index (χ2n) is 4.52. The fourth-order valence-corrected chi connectivity index (χ4v) is 1.68. The number of ether oxygens (including phenoxy) is 1. The number of hydrogen-bond acceptors (Lipinski definition) is 1. The molecule has 1 nitrogen and oxygen atoms in total. The summed E-state index contributed by atoms with van der Waals surface area (Å²) < 4.78 is 5.56. The van der Waals surface area contributed by atoms with Crippen molar-refractivity contribution in [3.05, 3.63) is 0 Å². The Morgan fingerprint density at radius 1 is 1.00 bits per heavy atom. The predicted molar refractivity (Wildman–Crippen MR) is 64.0 cm³/mol. The molecule has 0 spiro atoms. The largest absolute Gasteiger partial charge is 0.381 e. The topological polar surface area (TPSA) is 9.23 Å². The summed E-state index contributed by atoms with van der Waals surface area (Å²) in [4.78, 5) is 0. The zero-order chi connectivity index (χ0) is 10.8. The first kappa shape index (κ1) is 14.2. The van der Waals surface area contributed by atoms with Gasteiger partial charge in [0, 0.05) is 19.1 Å². The third kappa shape index (κ3) is 10.3. The van der Waals surface area contributed by atoms with E-state index < -0.39 is 0 Å². The summed E-state index contributed by atoms with van der Waals surface area (Å²) >= 11 is 5.65. The van der Waals surface area contributed by atoms with Crippen LogP contribution in [0, 0.1) is 11.8 Å². The molecule has 2 heteroatoms. The van der Waals surface area contributed by atoms with Gasteiger partial charge in [0.1, 0.15) is 0 Å². The van der Waals surface area contributed by atoms with Crippen LogP contribution < -0.4 is 0 Å². The van der Waals surface area contributed by atoms with Gasteiger partial charge in [-0.05, 0) is 37.5 Å². The molecule has 0 N–H and O–H groups in total. The van der Waals surface area contributed by atoms with Gasteiger partial charge in [0.25, 0.3) is 0 Å². The van der Waals surface area contributed by atoms with Gasteiger partial charge in [-0.3, -0.25) is 0 Å². The summed E-state index contributed by atoms with van der Waals surface area (Å²) in [5.74, 6) is 2.28. The van der Waals surface area contributed by atoms with Crippen LogP contribution in [0.2, 0.25) is 0 Å². The van der Waals surface area contributed by atoms with Crippen molar-refractivity contribution in [3.8, 4) is 0 Å². The van der Waals surface area contributed by atoms with Crippen LogP contribution >= 0.6 is 11.6 Å². The number of hydrogen-bond donors (Lipinski definition) is 0. The Labute approximate surface area is 94.2 Å². The molecule has 0 aromatic carbocycles. The van der Waals surface area contributed by atoms with Crippen molar-refractivity contribution in [2.24, 2.45) is 11.8 Å². The monoisotopic (exact) mass is 220 g/mol. The van der Waals surface area contributed by atoms with Crippen LogP contribution in [-0.2, 0) is 4.74 Å². The van der Waals surface area contributed by atoms with E-state index in [0.29, 0.717) is 5.92 Å². The van der Waals surface area contributed by atoms with Gasteiger partial charge in [0.05, 0.1) is 0 Å². The molecule has 0 amide bonds. The van der Waals surface area contributed by atoms with E-state index >= 15 is 0 Å². The van der Waals surface area contributed by atoms with E-state index in [1.54, 1.807) is 0 Å². The molecule has 0 saturated carbocycles. The molecule has 14 heavy (non-hydrogen) atoms. The molecule has 0 bridgehead atoms. The zero-order valence-electron chi connectivity index (χ0n) is 9.89. The lowest BCUT2D eigenvalue weighted by molar-refractivity contribution is 0.116. The molecule has 0 heterocycles. The minimum atomic E-state index is 0.706. The van der Waals surface area contributed by atoms with Crippen LogP contribution in [0.1, 0.15) is 46.5 Å². The molecular formula is C12H25ClO. The predicted octanol–water partition coefficient (Wildman–Crippen LogP) is 4.09. The summed E-state index contributed by atoms with van der Waals surface area (Å²) in [7, 11) is 0. The third-order valence-electron chi connectivity index (χ3n) is 2.43. The minimum absolute atomic E-state index is 0.706. The lowest BCUT2D eigenvalue weighted by Crippen LogP contribution is -2.04. The van der Waals surface area contributed by atoms with Crippen LogP contribution in [0.4, 0.5) is 0 Å². The van der Waals surface area contributed by atoms with E-state index in [-0.39, 0.29) is 0 Å². The highest BCUT2D eigenvalue weighted by Crippen LogP contribution is 2.09. The maximum Gasteiger partial charge on any atom is 0.0468 e. The van der Waals surface area contributed by atoms with Crippen molar-refractivity contribution in [2.45, 2.75) is 46.5 Å². The number of alkyl halides is 1. The first-order valence-corrected chi connectivity index (χ1v) is 6.34. The van der Waals surface area contributed by atoms with Crippen molar-refractivity contribution in [3.63, 3.8) is 0 Å². The van der Waals surface area contributed by atoms with Crippen LogP contribution in [-0.4, -0.2) is 19.1 Å². The molecule has 0 aromatic heterocycles. The van der Waals surface area contributed by atoms with Crippen molar-refractivity contribution in [1.82, 2.24) is 0 Å². The summed E-state index contributed by atoms with van der Waals surface area (Å²) in [6.45, 7) is 8.56. The van der Waals surface area contributed by atoms with Crippen LogP contribution in [0.5, 0.6) is 0 Å². The third-order valence-corrected chi connectivity index (χ3v) is 2.65. The van der Waals surface area contributed by atoms with Gasteiger partial charge in [-0.15, -0.1) is 11.6 Å². The Kier molecular flexibility index (Phi) is 9.97. The van der Waals surface area contributed by atoms with Gasteiger partial charge >= 0.3 is 0 Å². The maximum atomic E-state index is 5.65. The van der Waals surface area contributed by atoms with Gasteiger partial charge in [0.15, 0.2) is 0 Å². The molecular weight excluding hydrogens is 196 g/mol. The lowest BCUT2D eigenvalue weighted by atomic mass is 10.1. The standard InChI is InChI=1S/C12H25ClO/c1-11(2)5-4-9-14-10-7-12(3)6-8-13/h11-12H,4-10H2,1-3H3. The Hall–Kier alpha value is 0.250. The molecule has 0 radical (unpaired) electrons. The van der Waals surface area contributed by atoms with E-state index in [2.05, 4.69) is 20.8 Å². The van der Waals surface area contributed by atoms with E-state index in [0.717, 1.165) is 37.9 Å². The Morgan fingerprint density at radius 2 is 1.71 bits per heavy atom. The van der Waals surface area contributed by atoms with E-state index in [1.165, 1.54) is 12.8 Å². The summed E-state index contributed by atoms with van der Waals surface area (Å²) in [6.07, 6.45) is 4.73. The summed E-state index contributed by atoms with van der Waals surface area (Å²) in [6, 6.07) is 0. The van der Waals surface area contributed by atoms with Gasteiger partial charge in [-0.25, -0.2) is 0 Å². The van der Waals surface area contributed by atoms with Crippen molar-refractivity contribution < 1.29 is 4.74 Å². The van der Waals surface area contributed by atoms with Crippen LogP contribution in [0.15, 0.2) is 0 Å². The Morgan fingerprint density at radius 3 is 2.29 bits per heavy atom. The molecule has 0 aliphatic carbocycles. The first-order chi connectivity index (χ1) is 6.66. The quantitative estimate of drug-likeness (QED) is 0.420. The molecule has 1 atom stereocenters. The number of halogens is 1. The van der Waals surface area contributed by atoms with E-state index in [9.17, 15) is 0 Å². The first-order valence-electron chi connectivity index (χ1n) is 5.80. The second kappa shape index (κ2) is 9.79. The van der Waals surface area contributed by atoms with Gasteiger partial charge in [0.2, 0.25) is 0 Å². The fraction of sp³-hybridized carbons (Fsp3) is 1.00. The lowest BCUT2D eigenvalue weighted by Gasteiger charge is -2.10. The SMILES string of the molecule is CC(C)CCCOCCC(C)CCCl. The molecule has 0 rings (SSSR count). The molecule has 0 aliphatic rings. The molecule has 0 fully saturated rings. The molecule has 0 aromatic rings. The van der Waals surface area contributed by atoms with Crippen LogP contribution in [0.25, 0.3) is 0 Å². The highest BCUT2D eigenvalue weighted by molar-refractivity contribution is 6.17. The smallest absolute Gasteiger partial charge is 0.0468 e. The van der Waals surface area contributed by atoms with Gasteiger partial charge < -0.3 is 4.74 Å². The molecule has 0 aliphatic heterocycles.